The van der Waals surface area contributed by atoms with Gasteiger partial charge in [-0.25, -0.2) is 4.98 Å². The molecule has 5 heteroatoms. The van der Waals surface area contributed by atoms with Crippen LogP contribution < -0.4 is 10.5 Å². The van der Waals surface area contributed by atoms with Gasteiger partial charge >= 0.3 is 0 Å². The maximum absolute atomic E-state index is 9.27. The molecule has 102 valence electrons. The SMILES string of the molecule is N#Cc1cc2ccccc2nc1Oc1cccc(N)c1Br. The van der Waals surface area contributed by atoms with Crippen molar-refractivity contribution in [2.75, 3.05) is 5.73 Å². The number of fused-ring (bicyclic) bond motifs is 1. The van der Waals surface area contributed by atoms with Crippen LogP contribution in [0.3, 0.4) is 0 Å². The molecule has 0 fully saturated rings. The summed E-state index contributed by atoms with van der Waals surface area (Å²) in [6.45, 7) is 0. The zero-order chi connectivity index (χ0) is 14.8. The number of hydrogen-bond acceptors (Lipinski definition) is 4. The van der Waals surface area contributed by atoms with E-state index in [0.29, 0.717) is 21.5 Å². The van der Waals surface area contributed by atoms with Crippen molar-refractivity contribution in [1.82, 2.24) is 4.98 Å². The second kappa shape index (κ2) is 5.43. The first-order chi connectivity index (χ1) is 10.2. The number of aromatic nitrogens is 1. The van der Waals surface area contributed by atoms with Gasteiger partial charge in [0.05, 0.1) is 9.99 Å². The second-order valence-electron chi connectivity index (χ2n) is 4.41. The summed E-state index contributed by atoms with van der Waals surface area (Å²) in [6, 6.07) is 16.7. The lowest BCUT2D eigenvalue weighted by atomic mass is 10.1. The minimum atomic E-state index is 0.266. The fourth-order valence-electron chi connectivity index (χ4n) is 1.97. The molecule has 0 amide bonds. The van der Waals surface area contributed by atoms with Gasteiger partial charge in [-0.15, -0.1) is 0 Å². The van der Waals surface area contributed by atoms with E-state index in [4.69, 9.17) is 10.5 Å². The molecular weight excluding hydrogens is 330 g/mol. The smallest absolute Gasteiger partial charge is 0.237 e. The van der Waals surface area contributed by atoms with Crippen LogP contribution >= 0.6 is 15.9 Å². The van der Waals surface area contributed by atoms with Gasteiger partial charge in [0, 0.05) is 11.1 Å². The first kappa shape index (κ1) is 13.4. The van der Waals surface area contributed by atoms with E-state index >= 15 is 0 Å². The summed E-state index contributed by atoms with van der Waals surface area (Å²) in [5.41, 5.74) is 7.53. The Hall–Kier alpha value is -2.58. The quantitative estimate of drug-likeness (QED) is 0.708. The van der Waals surface area contributed by atoms with E-state index in [1.165, 1.54) is 0 Å². The van der Waals surface area contributed by atoms with Crippen molar-refractivity contribution >= 4 is 32.5 Å². The van der Waals surface area contributed by atoms with Crippen molar-refractivity contribution in [3.8, 4) is 17.7 Å². The third-order valence-electron chi connectivity index (χ3n) is 3.01. The van der Waals surface area contributed by atoms with Crippen LogP contribution in [-0.2, 0) is 0 Å². The van der Waals surface area contributed by atoms with Crippen LogP contribution in [0.15, 0.2) is 53.0 Å². The third-order valence-corrected chi connectivity index (χ3v) is 3.86. The predicted octanol–water partition coefficient (Wildman–Crippen LogP) is 4.24. The molecule has 0 atom stereocenters. The van der Waals surface area contributed by atoms with Gasteiger partial charge in [0.25, 0.3) is 0 Å². The molecule has 0 saturated heterocycles. The Bertz CT molecular complexity index is 871. The molecule has 0 unspecified atom stereocenters. The Balaban J connectivity index is 2.11. The van der Waals surface area contributed by atoms with Crippen molar-refractivity contribution in [3.05, 3.63) is 58.6 Å². The number of benzene rings is 2. The molecular formula is C16H10BrN3O. The zero-order valence-electron chi connectivity index (χ0n) is 10.9. The number of ether oxygens (including phenoxy) is 1. The first-order valence-electron chi connectivity index (χ1n) is 6.21. The molecule has 0 radical (unpaired) electrons. The van der Waals surface area contributed by atoms with Crippen LogP contribution in [0.1, 0.15) is 5.56 Å². The fourth-order valence-corrected chi connectivity index (χ4v) is 2.31. The predicted molar refractivity (Wildman–Crippen MR) is 85.1 cm³/mol. The number of nitrogen functional groups attached to an aromatic ring is 1. The largest absolute Gasteiger partial charge is 0.436 e. The van der Waals surface area contributed by atoms with Gasteiger partial charge in [0.15, 0.2) is 0 Å². The lowest BCUT2D eigenvalue weighted by molar-refractivity contribution is 0.461. The highest BCUT2D eigenvalue weighted by Crippen LogP contribution is 2.34. The molecule has 3 rings (SSSR count). The number of nitriles is 1. The Morgan fingerprint density at radius 2 is 1.95 bits per heavy atom. The molecule has 0 saturated carbocycles. The fraction of sp³-hybridized carbons (Fsp3) is 0. The molecule has 3 aromatic rings. The van der Waals surface area contributed by atoms with Crippen LogP contribution in [0.2, 0.25) is 0 Å². The number of hydrogen-bond donors (Lipinski definition) is 1. The molecule has 1 aromatic heterocycles. The average Bonchev–Trinajstić information content (AvgIpc) is 2.51. The van der Waals surface area contributed by atoms with E-state index in [9.17, 15) is 5.26 Å². The van der Waals surface area contributed by atoms with Crippen molar-refractivity contribution in [3.63, 3.8) is 0 Å². The van der Waals surface area contributed by atoms with Crippen molar-refractivity contribution in [1.29, 1.82) is 5.26 Å². The van der Waals surface area contributed by atoms with E-state index in [2.05, 4.69) is 27.0 Å². The number of rotatable bonds is 2. The lowest BCUT2D eigenvalue weighted by Crippen LogP contribution is -1.95. The number of para-hydroxylation sites is 1. The van der Waals surface area contributed by atoms with Crippen LogP contribution in [0.5, 0.6) is 11.6 Å². The molecule has 0 aliphatic heterocycles. The molecule has 1 heterocycles. The zero-order valence-corrected chi connectivity index (χ0v) is 12.5. The normalized spacial score (nSPS) is 10.3. The first-order valence-corrected chi connectivity index (χ1v) is 7.00. The number of nitrogens with two attached hydrogens (primary N) is 1. The van der Waals surface area contributed by atoms with E-state index in [-0.39, 0.29) is 5.88 Å². The minimum Gasteiger partial charge on any atom is -0.436 e. The average molecular weight is 340 g/mol. The Labute approximate surface area is 129 Å². The van der Waals surface area contributed by atoms with Crippen LogP contribution in [0, 0.1) is 11.3 Å². The molecule has 0 aliphatic rings. The Morgan fingerprint density at radius 3 is 2.76 bits per heavy atom. The number of anilines is 1. The van der Waals surface area contributed by atoms with Crippen molar-refractivity contribution in [2.24, 2.45) is 0 Å². The van der Waals surface area contributed by atoms with E-state index in [1.807, 2.05) is 24.3 Å². The Kier molecular flexibility index (Phi) is 3.46. The molecule has 0 spiro atoms. The Morgan fingerprint density at radius 1 is 1.14 bits per heavy atom. The molecule has 2 N–H and O–H groups in total. The lowest BCUT2D eigenvalue weighted by Gasteiger charge is -2.10. The van der Waals surface area contributed by atoms with Gasteiger partial charge in [-0.3, -0.25) is 0 Å². The molecule has 4 nitrogen and oxygen atoms in total. The van der Waals surface area contributed by atoms with Crippen molar-refractivity contribution < 1.29 is 4.74 Å². The van der Waals surface area contributed by atoms with Gasteiger partial charge < -0.3 is 10.5 Å². The van der Waals surface area contributed by atoms with Gasteiger partial charge in [-0.1, -0.05) is 24.3 Å². The minimum absolute atomic E-state index is 0.266. The summed E-state index contributed by atoms with van der Waals surface area (Å²) >= 11 is 3.37. The van der Waals surface area contributed by atoms with E-state index < -0.39 is 0 Å². The highest BCUT2D eigenvalue weighted by atomic mass is 79.9. The molecule has 2 aromatic carbocycles. The summed E-state index contributed by atoms with van der Waals surface area (Å²) in [5, 5.41) is 10.2. The maximum atomic E-state index is 9.27. The molecule has 0 aliphatic carbocycles. The summed E-state index contributed by atoms with van der Waals surface area (Å²) in [6.07, 6.45) is 0. The van der Waals surface area contributed by atoms with Gasteiger partial charge in [-0.05, 0) is 40.2 Å². The van der Waals surface area contributed by atoms with Gasteiger partial charge in [-0.2, -0.15) is 5.26 Å². The van der Waals surface area contributed by atoms with Gasteiger partial charge in [0.2, 0.25) is 5.88 Å². The summed E-state index contributed by atoms with van der Waals surface area (Å²) in [4.78, 5) is 4.41. The van der Waals surface area contributed by atoms with E-state index in [0.717, 1.165) is 10.9 Å². The standard InChI is InChI=1S/C16H10BrN3O/c17-15-12(19)5-3-7-14(15)21-16-11(9-18)8-10-4-1-2-6-13(10)20-16/h1-8H,19H2. The monoisotopic (exact) mass is 339 g/mol. The van der Waals surface area contributed by atoms with Crippen LogP contribution in [0.4, 0.5) is 5.69 Å². The maximum Gasteiger partial charge on any atom is 0.237 e. The van der Waals surface area contributed by atoms with Crippen molar-refractivity contribution in [2.45, 2.75) is 0 Å². The molecule has 0 bridgehead atoms. The van der Waals surface area contributed by atoms with Crippen LogP contribution in [0.25, 0.3) is 10.9 Å². The number of nitrogens with zero attached hydrogens (tertiary/aromatic N) is 2. The summed E-state index contributed by atoms with van der Waals surface area (Å²) in [7, 11) is 0. The second-order valence-corrected chi connectivity index (χ2v) is 5.20. The molecule has 21 heavy (non-hydrogen) atoms. The number of halogens is 1. The summed E-state index contributed by atoms with van der Waals surface area (Å²) in [5.74, 6) is 0.789. The summed E-state index contributed by atoms with van der Waals surface area (Å²) < 4.78 is 6.40. The van der Waals surface area contributed by atoms with Gasteiger partial charge in [0.1, 0.15) is 17.4 Å². The number of pyridine rings is 1. The van der Waals surface area contributed by atoms with E-state index in [1.54, 1.807) is 24.3 Å². The topological polar surface area (TPSA) is 71.9 Å². The highest BCUT2D eigenvalue weighted by Gasteiger charge is 2.12. The highest BCUT2D eigenvalue weighted by molar-refractivity contribution is 9.10. The third kappa shape index (κ3) is 2.54. The van der Waals surface area contributed by atoms with Crippen LogP contribution in [-0.4, -0.2) is 4.98 Å².